The number of hydrogen-bond acceptors (Lipinski definition) is 7. The molecule has 1 saturated heterocycles. The van der Waals surface area contributed by atoms with Crippen LogP contribution in [0.1, 0.15) is 16.7 Å². The summed E-state index contributed by atoms with van der Waals surface area (Å²) in [6.45, 7) is 0.113. The third-order valence-corrected chi connectivity index (χ3v) is 6.23. The minimum Gasteiger partial charge on any atom is -0.393 e. The van der Waals surface area contributed by atoms with Gasteiger partial charge in [0.15, 0.2) is 18.2 Å². The molecule has 4 rings (SSSR count). The largest absolute Gasteiger partial charge is 0.393 e. The van der Waals surface area contributed by atoms with Crippen molar-refractivity contribution in [1.29, 1.82) is 0 Å². The number of rotatable bonds is 12. The number of aliphatic hydroxyl groups is 1. The van der Waals surface area contributed by atoms with Crippen LogP contribution in [-0.2, 0) is 48.3 Å². The lowest BCUT2D eigenvalue weighted by atomic mass is 9.87. The molecule has 0 radical (unpaired) electrons. The standard InChI is InChI=1S/C29H32O7/c1-32-28-26(34-18-23-13-7-3-8-14-23)25(33-17-22-11-5-2-6-12-22)27(29(20-30,21-31)36-28)35-19-24-15-9-4-10-16-24/h2-16,20,25-28,31H,17-19,21H2,1H3. The Bertz CT molecular complexity index is 1050. The van der Waals surface area contributed by atoms with Crippen LogP contribution in [0.2, 0.25) is 0 Å². The molecule has 1 N–H and O–H groups in total. The summed E-state index contributed by atoms with van der Waals surface area (Å²) in [7, 11) is 1.47. The van der Waals surface area contributed by atoms with Gasteiger partial charge in [-0.15, -0.1) is 0 Å². The highest BCUT2D eigenvalue weighted by Gasteiger charge is 2.57. The fourth-order valence-corrected chi connectivity index (χ4v) is 4.28. The van der Waals surface area contributed by atoms with E-state index in [1.165, 1.54) is 7.11 Å². The lowest BCUT2D eigenvalue weighted by Gasteiger charge is -2.49. The van der Waals surface area contributed by atoms with Crippen molar-refractivity contribution in [1.82, 2.24) is 0 Å². The number of carbonyl (C=O) groups is 1. The van der Waals surface area contributed by atoms with Gasteiger partial charge >= 0.3 is 0 Å². The molecule has 5 unspecified atom stereocenters. The third kappa shape index (κ3) is 6.25. The number of aliphatic hydroxyl groups excluding tert-OH is 1. The molecule has 0 aromatic heterocycles. The molecular weight excluding hydrogens is 460 g/mol. The second kappa shape index (κ2) is 12.9. The Balaban J connectivity index is 1.64. The predicted molar refractivity (Wildman–Crippen MR) is 133 cm³/mol. The highest BCUT2D eigenvalue weighted by molar-refractivity contribution is 5.65. The zero-order chi connectivity index (χ0) is 25.2. The van der Waals surface area contributed by atoms with E-state index in [4.69, 9.17) is 23.7 Å². The van der Waals surface area contributed by atoms with Crippen molar-refractivity contribution in [3.05, 3.63) is 108 Å². The zero-order valence-electron chi connectivity index (χ0n) is 20.3. The summed E-state index contributed by atoms with van der Waals surface area (Å²) in [5, 5.41) is 10.3. The molecular formula is C29H32O7. The van der Waals surface area contributed by atoms with E-state index in [2.05, 4.69) is 0 Å². The summed E-state index contributed by atoms with van der Waals surface area (Å²) in [5.74, 6) is 0. The fourth-order valence-electron chi connectivity index (χ4n) is 4.28. The first kappa shape index (κ1) is 26.2. The Hall–Kier alpha value is -2.91. The lowest BCUT2D eigenvalue weighted by Crippen LogP contribution is -2.68. The van der Waals surface area contributed by atoms with Crippen LogP contribution in [0.15, 0.2) is 91.0 Å². The molecule has 0 amide bonds. The van der Waals surface area contributed by atoms with Gasteiger partial charge < -0.3 is 28.8 Å². The molecule has 7 heteroatoms. The van der Waals surface area contributed by atoms with Gasteiger partial charge in [-0.05, 0) is 16.7 Å². The first-order valence-corrected chi connectivity index (χ1v) is 11.9. The van der Waals surface area contributed by atoms with Gasteiger partial charge in [0.25, 0.3) is 0 Å². The average molecular weight is 493 g/mol. The summed E-state index contributed by atoms with van der Waals surface area (Å²) in [5.41, 5.74) is 1.13. The molecule has 1 fully saturated rings. The second-order valence-electron chi connectivity index (χ2n) is 8.69. The smallest absolute Gasteiger partial charge is 0.187 e. The van der Waals surface area contributed by atoms with E-state index < -0.39 is 36.8 Å². The first-order chi connectivity index (χ1) is 17.7. The summed E-state index contributed by atoms with van der Waals surface area (Å²) in [6, 6.07) is 29.0. The molecule has 1 heterocycles. The predicted octanol–water partition coefficient (Wildman–Crippen LogP) is 3.68. The van der Waals surface area contributed by atoms with Crippen molar-refractivity contribution >= 4 is 6.29 Å². The minimum atomic E-state index is -1.69. The zero-order valence-corrected chi connectivity index (χ0v) is 20.3. The van der Waals surface area contributed by atoms with Crippen LogP contribution in [0.4, 0.5) is 0 Å². The van der Waals surface area contributed by atoms with E-state index in [0.717, 1.165) is 16.7 Å². The first-order valence-electron chi connectivity index (χ1n) is 11.9. The number of ether oxygens (including phenoxy) is 5. The molecule has 0 spiro atoms. The Labute approximate surface area is 211 Å². The van der Waals surface area contributed by atoms with Crippen molar-refractivity contribution < 1.29 is 33.6 Å². The van der Waals surface area contributed by atoms with Crippen LogP contribution >= 0.6 is 0 Å². The van der Waals surface area contributed by atoms with Crippen LogP contribution in [0.25, 0.3) is 0 Å². The number of benzene rings is 3. The summed E-state index contributed by atoms with van der Waals surface area (Å²) in [4.78, 5) is 12.4. The van der Waals surface area contributed by atoms with Gasteiger partial charge in [-0.1, -0.05) is 91.0 Å². The molecule has 3 aromatic carbocycles. The Morgan fingerprint density at radius 1 is 0.750 bits per heavy atom. The number of carbonyl (C=O) groups excluding carboxylic acids is 1. The summed E-state index contributed by atoms with van der Waals surface area (Å²) in [6.07, 6.45) is -2.88. The van der Waals surface area contributed by atoms with Crippen LogP contribution in [0.5, 0.6) is 0 Å². The Morgan fingerprint density at radius 2 is 1.19 bits per heavy atom. The van der Waals surface area contributed by atoms with Crippen molar-refractivity contribution in [2.24, 2.45) is 0 Å². The van der Waals surface area contributed by atoms with Crippen LogP contribution in [0.3, 0.4) is 0 Å². The summed E-state index contributed by atoms with van der Waals surface area (Å²) >= 11 is 0. The third-order valence-electron chi connectivity index (χ3n) is 6.23. The number of methoxy groups -OCH3 is 1. The van der Waals surface area contributed by atoms with E-state index in [-0.39, 0.29) is 19.8 Å². The van der Waals surface area contributed by atoms with Gasteiger partial charge in [-0.3, -0.25) is 4.79 Å². The summed E-state index contributed by atoms with van der Waals surface area (Å²) < 4.78 is 30.6. The molecule has 1 aliphatic heterocycles. The van der Waals surface area contributed by atoms with E-state index >= 15 is 0 Å². The fraction of sp³-hybridized carbons (Fsp3) is 0.345. The maximum atomic E-state index is 12.4. The molecule has 1 aliphatic rings. The molecule has 5 atom stereocenters. The number of hydrogen-bond donors (Lipinski definition) is 1. The quantitative estimate of drug-likeness (QED) is 0.386. The van der Waals surface area contributed by atoms with Gasteiger partial charge in [0.1, 0.15) is 18.3 Å². The van der Waals surface area contributed by atoms with Crippen LogP contribution in [0, 0.1) is 0 Å². The van der Waals surface area contributed by atoms with Gasteiger partial charge in [0.05, 0.1) is 26.4 Å². The Kier molecular flexibility index (Phi) is 9.35. The molecule has 36 heavy (non-hydrogen) atoms. The molecule has 7 nitrogen and oxygen atoms in total. The van der Waals surface area contributed by atoms with E-state index in [1.807, 2.05) is 91.0 Å². The SMILES string of the molecule is COC1OC(C=O)(CO)C(OCc2ccccc2)C(OCc2ccccc2)C1OCc1ccccc1. The highest BCUT2D eigenvalue weighted by Crippen LogP contribution is 2.36. The highest BCUT2D eigenvalue weighted by atomic mass is 16.7. The van der Waals surface area contributed by atoms with Crippen molar-refractivity contribution in [3.63, 3.8) is 0 Å². The maximum absolute atomic E-state index is 12.4. The molecule has 0 bridgehead atoms. The van der Waals surface area contributed by atoms with Gasteiger partial charge in [0, 0.05) is 7.11 Å². The normalized spacial score (nSPS) is 25.9. The van der Waals surface area contributed by atoms with Crippen molar-refractivity contribution in [2.75, 3.05) is 13.7 Å². The topological polar surface area (TPSA) is 83.5 Å². The lowest BCUT2D eigenvalue weighted by molar-refractivity contribution is -0.342. The Morgan fingerprint density at radius 3 is 1.61 bits per heavy atom. The molecule has 3 aromatic rings. The van der Waals surface area contributed by atoms with E-state index in [0.29, 0.717) is 6.29 Å². The molecule has 0 aliphatic carbocycles. The second-order valence-corrected chi connectivity index (χ2v) is 8.69. The van der Waals surface area contributed by atoms with Crippen LogP contribution < -0.4 is 0 Å². The van der Waals surface area contributed by atoms with Crippen molar-refractivity contribution in [2.45, 2.75) is 50.0 Å². The monoisotopic (exact) mass is 492 g/mol. The van der Waals surface area contributed by atoms with E-state index in [1.54, 1.807) is 0 Å². The van der Waals surface area contributed by atoms with E-state index in [9.17, 15) is 9.90 Å². The van der Waals surface area contributed by atoms with Gasteiger partial charge in [-0.2, -0.15) is 0 Å². The van der Waals surface area contributed by atoms with Crippen LogP contribution in [-0.4, -0.2) is 55.3 Å². The van der Waals surface area contributed by atoms with Crippen molar-refractivity contribution in [3.8, 4) is 0 Å². The average Bonchev–Trinajstić information content (AvgIpc) is 2.95. The molecule has 190 valence electrons. The maximum Gasteiger partial charge on any atom is 0.187 e. The molecule has 0 saturated carbocycles. The number of aldehydes is 1. The van der Waals surface area contributed by atoms with Gasteiger partial charge in [0.2, 0.25) is 0 Å². The minimum absolute atomic E-state index is 0.193. The van der Waals surface area contributed by atoms with Gasteiger partial charge in [-0.25, -0.2) is 0 Å².